The number of phenols is 1. The third kappa shape index (κ3) is 3.50. The quantitative estimate of drug-likeness (QED) is 0.773. The van der Waals surface area contributed by atoms with Crippen molar-refractivity contribution in [3.63, 3.8) is 0 Å². The zero-order valence-corrected chi connectivity index (χ0v) is 14.4. The number of benzene rings is 2. The Morgan fingerprint density at radius 2 is 1.96 bits per heavy atom. The van der Waals surface area contributed by atoms with E-state index in [1.807, 2.05) is 42.6 Å². The summed E-state index contributed by atoms with van der Waals surface area (Å²) in [5, 5.41) is 10.1. The SMILES string of the molecule is Oc1ccc(CN2CCc3nc(-c4ccccc4)ncc3C2)c(Cl)c1. The number of hydrogen-bond donors (Lipinski definition) is 1. The number of phenolic OH excluding ortho intramolecular Hbond substituents is 1. The summed E-state index contributed by atoms with van der Waals surface area (Å²) in [6.45, 7) is 2.48. The fourth-order valence-corrected chi connectivity index (χ4v) is 3.38. The Kier molecular flexibility index (Phi) is 4.38. The third-order valence-corrected chi connectivity index (χ3v) is 4.83. The predicted molar refractivity (Wildman–Crippen MR) is 98.4 cm³/mol. The maximum atomic E-state index is 9.48. The van der Waals surface area contributed by atoms with Gasteiger partial charge in [0.15, 0.2) is 5.82 Å². The van der Waals surface area contributed by atoms with Gasteiger partial charge in [-0.2, -0.15) is 0 Å². The van der Waals surface area contributed by atoms with Crippen molar-refractivity contribution in [3.05, 3.63) is 76.6 Å². The normalized spacial score (nSPS) is 14.3. The zero-order chi connectivity index (χ0) is 17.2. The molecule has 1 aromatic heterocycles. The summed E-state index contributed by atoms with van der Waals surface area (Å²) in [5.41, 5.74) is 4.36. The lowest BCUT2D eigenvalue weighted by Crippen LogP contribution is -2.31. The molecule has 0 amide bonds. The van der Waals surface area contributed by atoms with E-state index in [4.69, 9.17) is 16.6 Å². The Morgan fingerprint density at radius 1 is 1.12 bits per heavy atom. The van der Waals surface area contributed by atoms with Crippen LogP contribution in [0.1, 0.15) is 16.8 Å². The second-order valence-corrected chi connectivity index (χ2v) is 6.68. The molecule has 2 aromatic carbocycles. The minimum atomic E-state index is 0.194. The van der Waals surface area contributed by atoms with E-state index < -0.39 is 0 Å². The molecule has 1 aliphatic heterocycles. The molecule has 3 aromatic rings. The fraction of sp³-hybridized carbons (Fsp3) is 0.200. The summed E-state index contributed by atoms with van der Waals surface area (Å²) in [6, 6.07) is 15.2. The van der Waals surface area contributed by atoms with Crippen LogP contribution >= 0.6 is 11.6 Å². The van der Waals surface area contributed by atoms with Crippen molar-refractivity contribution in [3.8, 4) is 17.1 Å². The first-order valence-electron chi connectivity index (χ1n) is 8.29. The summed E-state index contributed by atoms with van der Waals surface area (Å²) in [4.78, 5) is 11.6. The molecule has 0 fully saturated rings. The molecule has 0 saturated heterocycles. The van der Waals surface area contributed by atoms with Crippen molar-refractivity contribution < 1.29 is 5.11 Å². The van der Waals surface area contributed by atoms with Gasteiger partial charge in [-0.1, -0.05) is 48.0 Å². The van der Waals surface area contributed by atoms with Crippen LogP contribution in [0, 0.1) is 0 Å². The maximum Gasteiger partial charge on any atom is 0.159 e. The molecule has 0 radical (unpaired) electrons. The van der Waals surface area contributed by atoms with Crippen LogP contribution < -0.4 is 0 Å². The summed E-state index contributed by atoms with van der Waals surface area (Å²) in [5.74, 6) is 0.981. The highest BCUT2D eigenvalue weighted by molar-refractivity contribution is 6.31. The molecule has 1 N–H and O–H groups in total. The lowest BCUT2D eigenvalue weighted by atomic mass is 10.1. The van der Waals surface area contributed by atoms with Crippen molar-refractivity contribution in [1.29, 1.82) is 0 Å². The van der Waals surface area contributed by atoms with Crippen LogP contribution in [0.2, 0.25) is 5.02 Å². The van der Waals surface area contributed by atoms with Crippen molar-refractivity contribution in [2.45, 2.75) is 19.5 Å². The predicted octanol–water partition coefficient (Wildman–Crippen LogP) is 4.06. The number of halogens is 1. The van der Waals surface area contributed by atoms with Gasteiger partial charge in [-0.05, 0) is 17.7 Å². The first-order valence-corrected chi connectivity index (χ1v) is 8.67. The first-order chi connectivity index (χ1) is 12.2. The molecule has 126 valence electrons. The van der Waals surface area contributed by atoms with Gasteiger partial charge in [0.2, 0.25) is 0 Å². The number of aromatic nitrogens is 2. The van der Waals surface area contributed by atoms with Gasteiger partial charge in [-0.3, -0.25) is 4.90 Å². The number of fused-ring (bicyclic) bond motifs is 1. The molecule has 4 nitrogen and oxygen atoms in total. The highest BCUT2D eigenvalue weighted by Gasteiger charge is 2.19. The van der Waals surface area contributed by atoms with Crippen LogP contribution in [-0.2, 0) is 19.5 Å². The van der Waals surface area contributed by atoms with E-state index in [0.29, 0.717) is 5.02 Å². The summed E-state index contributed by atoms with van der Waals surface area (Å²) < 4.78 is 0. The third-order valence-electron chi connectivity index (χ3n) is 4.48. The van der Waals surface area contributed by atoms with Gasteiger partial charge in [0.1, 0.15) is 5.75 Å². The molecule has 1 aliphatic rings. The van der Waals surface area contributed by atoms with Gasteiger partial charge < -0.3 is 5.11 Å². The van der Waals surface area contributed by atoms with Crippen molar-refractivity contribution in [1.82, 2.24) is 14.9 Å². The molecule has 0 aliphatic carbocycles. The first kappa shape index (κ1) is 16.1. The van der Waals surface area contributed by atoms with Gasteiger partial charge in [-0.15, -0.1) is 0 Å². The number of hydrogen-bond acceptors (Lipinski definition) is 4. The van der Waals surface area contributed by atoms with Gasteiger partial charge >= 0.3 is 0 Å². The standard InChI is InChI=1S/C20H18ClN3O/c21-18-10-17(25)7-6-15(18)12-24-9-8-19-16(13-24)11-22-20(23-19)14-4-2-1-3-5-14/h1-7,10-11,25H,8-9,12-13H2. The Bertz CT molecular complexity index is 899. The fourth-order valence-electron chi connectivity index (χ4n) is 3.14. The van der Waals surface area contributed by atoms with Gasteiger partial charge in [0.05, 0.1) is 5.69 Å². The van der Waals surface area contributed by atoms with Crippen LogP contribution in [0.15, 0.2) is 54.7 Å². The van der Waals surface area contributed by atoms with Gasteiger partial charge in [-0.25, -0.2) is 9.97 Å². The molecule has 0 unspecified atom stereocenters. The molecule has 5 heteroatoms. The Hall–Kier alpha value is -2.43. The molecular formula is C20H18ClN3O. The highest BCUT2D eigenvalue weighted by atomic mass is 35.5. The van der Waals surface area contributed by atoms with Gasteiger partial charge in [0, 0.05) is 48.4 Å². The van der Waals surface area contributed by atoms with E-state index in [0.717, 1.165) is 48.7 Å². The van der Waals surface area contributed by atoms with E-state index in [2.05, 4.69) is 9.88 Å². The average molecular weight is 352 g/mol. The van der Waals surface area contributed by atoms with E-state index in [9.17, 15) is 5.11 Å². The molecule has 0 atom stereocenters. The summed E-state index contributed by atoms with van der Waals surface area (Å²) in [6.07, 6.45) is 2.84. The van der Waals surface area contributed by atoms with Crippen LogP contribution in [0.3, 0.4) is 0 Å². The molecule has 0 spiro atoms. The van der Waals surface area contributed by atoms with Crippen LogP contribution in [-0.4, -0.2) is 26.5 Å². The molecule has 4 rings (SSSR count). The lowest BCUT2D eigenvalue weighted by Gasteiger charge is -2.28. The smallest absolute Gasteiger partial charge is 0.159 e. The zero-order valence-electron chi connectivity index (χ0n) is 13.7. The Labute approximate surface area is 151 Å². The van der Waals surface area contributed by atoms with E-state index >= 15 is 0 Å². The van der Waals surface area contributed by atoms with Crippen LogP contribution in [0.5, 0.6) is 5.75 Å². The van der Waals surface area contributed by atoms with Crippen molar-refractivity contribution in [2.75, 3.05) is 6.54 Å². The summed E-state index contributed by atoms with van der Waals surface area (Å²) in [7, 11) is 0. The van der Waals surface area contributed by atoms with Gasteiger partial charge in [0.25, 0.3) is 0 Å². The monoisotopic (exact) mass is 351 g/mol. The van der Waals surface area contributed by atoms with Crippen molar-refractivity contribution in [2.24, 2.45) is 0 Å². The van der Waals surface area contributed by atoms with Crippen LogP contribution in [0.25, 0.3) is 11.4 Å². The minimum absolute atomic E-state index is 0.194. The lowest BCUT2D eigenvalue weighted by molar-refractivity contribution is 0.243. The molecule has 0 saturated carbocycles. The van der Waals surface area contributed by atoms with E-state index in [1.165, 1.54) is 5.56 Å². The molecule has 0 bridgehead atoms. The molecular weight excluding hydrogens is 334 g/mol. The maximum absolute atomic E-state index is 9.48. The number of rotatable bonds is 3. The summed E-state index contributed by atoms with van der Waals surface area (Å²) >= 11 is 6.23. The van der Waals surface area contributed by atoms with E-state index in [-0.39, 0.29) is 5.75 Å². The number of nitrogens with zero attached hydrogens (tertiary/aromatic N) is 3. The topological polar surface area (TPSA) is 49.2 Å². The Balaban J connectivity index is 1.52. The molecule has 25 heavy (non-hydrogen) atoms. The Morgan fingerprint density at radius 3 is 2.76 bits per heavy atom. The largest absolute Gasteiger partial charge is 0.508 e. The molecule has 2 heterocycles. The highest BCUT2D eigenvalue weighted by Crippen LogP contribution is 2.26. The van der Waals surface area contributed by atoms with E-state index in [1.54, 1.807) is 12.1 Å². The number of aromatic hydroxyl groups is 1. The average Bonchev–Trinajstić information content (AvgIpc) is 2.64. The minimum Gasteiger partial charge on any atom is -0.508 e. The second kappa shape index (κ2) is 6.82. The van der Waals surface area contributed by atoms with Crippen LogP contribution in [0.4, 0.5) is 0 Å². The van der Waals surface area contributed by atoms with Crippen molar-refractivity contribution >= 4 is 11.6 Å². The second-order valence-electron chi connectivity index (χ2n) is 6.27.